The molecule has 0 bridgehead atoms. The molecule has 2 N–H and O–H groups in total. The van der Waals surface area contributed by atoms with E-state index in [1.807, 2.05) is 0 Å². The zero-order valence-corrected chi connectivity index (χ0v) is 10.2. The first kappa shape index (κ1) is 13.4. The van der Waals surface area contributed by atoms with Gasteiger partial charge in [0.1, 0.15) is 17.4 Å². The highest BCUT2D eigenvalue weighted by Crippen LogP contribution is 2.08. The van der Waals surface area contributed by atoms with Crippen molar-refractivity contribution in [3.63, 3.8) is 0 Å². The second kappa shape index (κ2) is 6.24. The summed E-state index contributed by atoms with van der Waals surface area (Å²) in [4.78, 5) is 4.02. The number of aromatic nitrogens is 1. The normalized spacial score (nSPS) is 10.6. The molecular weight excluding hydrogens is 250 g/mol. The van der Waals surface area contributed by atoms with E-state index in [1.54, 1.807) is 12.1 Å². The molecule has 1 aromatic heterocycles. The van der Waals surface area contributed by atoms with Crippen LogP contribution in [0.4, 0.5) is 8.78 Å². The van der Waals surface area contributed by atoms with Crippen LogP contribution < -0.4 is 5.32 Å². The number of nitrogens with one attached hydrogen (secondary N) is 1. The van der Waals surface area contributed by atoms with Crippen molar-refractivity contribution < 1.29 is 13.9 Å². The molecule has 2 aromatic rings. The SMILES string of the molecule is Oc1ccc(CNCCc2cc(F)cc(F)c2)nc1. The van der Waals surface area contributed by atoms with Crippen LogP contribution in [0.3, 0.4) is 0 Å². The fraction of sp³-hybridized carbons (Fsp3) is 0.214. The minimum absolute atomic E-state index is 0.124. The maximum Gasteiger partial charge on any atom is 0.133 e. The van der Waals surface area contributed by atoms with Gasteiger partial charge in [0, 0.05) is 12.6 Å². The predicted molar refractivity (Wildman–Crippen MR) is 67.7 cm³/mol. The number of benzene rings is 1. The Morgan fingerprint density at radius 2 is 1.84 bits per heavy atom. The molecule has 1 aromatic carbocycles. The number of halogens is 2. The zero-order chi connectivity index (χ0) is 13.7. The van der Waals surface area contributed by atoms with Crippen molar-refractivity contribution in [2.75, 3.05) is 6.54 Å². The van der Waals surface area contributed by atoms with Gasteiger partial charge in [-0.1, -0.05) is 0 Å². The van der Waals surface area contributed by atoms with E-state index in [9.17, 15) is 8.78 Å². The van der Waals surface area contributed by atoms with E-state index in [-0.39, 0.29) is 5.75 Å². The zero-order valence-electron chi connectivity index (χ0n) is 10.2. The van der Waals surface area contributed by atoms with Crippen LogP contribution in [0, 0.1) is 11.6 Å². The van der Waals surface area contributed by atoms with Gasteiger partial charge in [0.15, 0.2) is 0 Å². The average Bonchev–Trinajstić information content (AvgIpc) is 2.36. The third-order valence-electron chi connectivity index (χ3n) is 2.63. The third-order valence-corrected chi connectivity index (χ3v) is 2.63. The quantitative estimate of drug-likeness (QED) is 0.815. The number of aromatic hydroxyl groups is 1. The van der Waals surface area contributed by atoms with E-state index in [0.29, 0.717) is 25.1 Å². The lowest BCUT2D eigenvalue weighted by molar-refractivity contribution is 0.471. The van der Waals surface area contributed by atoms with Gasteiger partial charge in [-0.05, 0) is 42.8 Å². The first-order chi connectivity index (χ1) is 9.13. The summed E-state index contributed by atoms with van der Waals surface area (Å²) in [7, 11) is 0. The summed E-state index contributed by atoms with van der Waals surface area (Å²) in [6.45, 7) is 1.13. The van der Waals surface area contributed by atoms with E-state index in [0.717, 1.165) is 11.8 Å². The Morgan fingerprint density at radius 1 is 1.11 bits per heavy atom. The molecule has 5 heteroatoms. The molecule has 19 heavy (non-hydrogen) atoms. The second-order valence-electron chi connectivity index (χ2n) is 4.21. The van der Waals surface area contributed by atoms with Crippen LogP contribution in [0.1, 0.15) is 11.3 Å². The van der Waals surface area contributed by atoms with Gasteiger partial charge in [-0.2, -0.15) is 0 Å². The molecule has 0 aliphatic carbocycles. The van der Waals surface area contributed by atoms with Crippen molar-refractivity contribution in [2.45, 2.75) is 13.0 Å². The molecule has 3 nitrogen and oxygen atoms in total. The fourth-order valence-electron chi connectivity index (χ4n) is 1.73. The molecule has 0 saturated heterocycles. The Kier molecular flexibility index (Phi) is 4.41. The van der Waals surface area contributed by atoms with Crippen LogP contribution in [-0.4, -0.2) is 16.6 Å². The molecule has 2 rings (SSSR count). The largest absolute Gasteiger partial charge is 0.506 e. The van der Waals surface area contributed by atoms with Gasteiger partial charge in [0.05, 0.1) is 11.9 Å². The van der Waals surface area contributed by atoms with E-state index < -0.39 is 11.6 Å². The third kappa shape index (κ3) is 4.30. The smallest absolute Gasteiger partial charge is 0.133 e. The number of nitrogens with zero attached hydrogens (tertiary/aromatic N) is 1. The molecular formula is C14H14F2N2O. The van der Waals surface area contributed by atoms with Gasteiger partial charge in [-0.15, -0.1) is 0 Å². The monoisotopic (exact) mass is 264 g/mol. The first-order valence-electron chi connectivity index (χ1n) is 5.93. The van der Waals surface area contributed by atoms with Crippen molar-refractivity contribution in [1.82, 2.24) is 10.3 Å². The molecule has 0 amide bonds. The van der Waals surface area contributed by atoms with Crippen molar-refractivity contribution >= 4 is 0 Å². The molecule has 100 valence electrons. The van der Waals surface area contributed by atoms with Crippen LogP contribution in [-0.2, 0) is 13.0 Å². The van der Waals surface area contributed by atoms with Crippen LogP contribution >= 0.6 is 0 Å². The summed E-state index contributed by atoms with van der Waals surface area (Å²) in [6, 6.07) is 6.78. The second-order valence-corrected chi connectivity index (χ2v) is 4.21. The van der Waals surface area contributed by atoms with Gasteiger partial charge in [0.25, 0.3) is 0 Å². The van der Waals surface area contributed by atoms with E-state index in [2.05, 4.69) is 10.3 Å². The maximum atomic E-state index is 12.9. The summed E-state index contributed by atoms with van der Waals surface area (Å²) < 4.78 is 25.9. The molecule has 0 radical (unpaired) electrons. The minimum Gasteiger partial charge on any atom is -0.506 e. The molecule has 0 spiro atoms. The fourth-order valence-corrected chi connectivity index (χ4v) is 1.73. The van der Waals surface area contributed by atoms with Gasteiger partial charge >= 0.3 is 0 Å². The number of hydrogen-bond donors (Lipinski definition) is 2. The van der Waals surface area contributed by atoms with E-state index in [1.165, 1.54) is 18.3 Å². The van der Waals surface area contributed by atoms with Gasteiger partial charge in [-0.3, -0.25) is 4.98 Å². The highest BCUT2D eigenvalue weighted by atomic mass is 19.1. The molecule has 0 atom stereocenters. The topological polar surface area (TPSA) is 45.1 Å². The minimum atomic E-state index is -0.560. The molecule has 0 aliphatic heterocycles. The Labute approximate surface area is 109 Å². The molecule has 0 fully saturated rings. The first-order valence-corrected chi connectivity index (χ1v) is 5.93. The van der Waals surface area contributed by atoms with Crippen molar-refractivity contribution in [3.8, 4) is 5.75 Å². The Bertz CT molecular complexity index is 523. The number of rotatable bonds is 5. The van der Waals surface area contributed by atoms with E-state index in [4.69, 9.17) is 5.11 Å². The lowest BCUT2D eigenvalue weighted by atomic mass is 10.1. The van der Waals surface area contributed by atoms with Gasteiger partial charge < -0.3 is 10.4 Å². The summed E-state index contributed by atoms with van der Waals surface area (Å²) in [5.74, 6) is -0.996. The molecule has 1 heterocycles. The predicted octanol–water partition coefficient (Wildman–Crippen LogP) is 2.40. The highest BCUT2D eigenvalue weighted by molar-refractivity contribution is 5.19. The standard InChI is InChI=1S/C14H14F2N2O/c15-11-5-10(6-12(16)7-11)3-4-17-8-13-1-2-14(19)9-18-13/h1-2,5-7,9,17,19H,3-4,8H2. The Balaban J connectivity index is 1.79. The lowest BCUT2D eigenvalue weighted by Crippen LogP contribution is -2.17. The van der Waals surface area contributed by atoms with Gasteiger partial charge in [-0.25, -0.2) is 8.78 Å². The van der Waals surface area contributed by atoms with Crippen LogP contribution in [0.2, 0.25) is 0 Å². The number of pyridine rings is 1. The summed E-state index contributed by atoms with van der Waals surface area (Å²) in [6.07, 6.45) is 1.91. The molecule has 0 saturated carbocycles. The van der Waals surface area contributed by atoms with Crippen LogP contribution in [0.5, 0.6) is 5.75 Å². The number of hydrogen-bond acceptors (Lipinski definition) is 3. The van der Waals surface area contributed by atoms with Crippen LogP contribution in [0.25, 0.3) is 0 Å². The highest BCUT2D eigenvalue weighted by Gasteiger charge is 2.01. The van der Waals surface area contributed by atoms with E-state index >= 15 is 0 Å². The molecule has 0 unspecified atom stereocenters. The summed E-state index contributed by atoms with van der Waals surface area (Å²) >= 11 is 0. The van der Waals surface area contributed by atoms with Crippen molar-refractivity contribution in [3.05, 3.63) is 59.4 Å². The van der Waals surface area contributed by atoms with Gasteiger partial charge in [0.2, 0.25) is 0 Å². The lowest BCUT2D eigenvalue weighted by Gasteiger charge is -2.05. The Hall–Kier alpha value is -2.01. The van der Waals surface area contributed by atoms with Crippen molar-refractivity contribution in [2.24, 2.45) is 0 Å². The summed E-state index contributed by atoms with van der Waals surface area (Å²) in [5.41, 5.74) is 1.41. The average molecular weight is 264 g/mol. The summed E-state index contributed by atoms with van der Waals surface area (Å²) in [5, 5.41) is 12.2. The molecule has 0 aliphatic rings. The maximum absolute atomic E-state index is 12.9. The van der Waals surface area contributed by atoms with Crippen LogP contribution in [0.15, 0.2) is 36.5 Å². The Morgan fingerprint density at radius 3 is 2.47 bits per heavy atom. The van der Waals surface area contributed by atoms with Crippen molar-refractivity contribution in [1.29, 1.82) is 0 Å².